The van der Waals surface area contributed by atoms with Crippen LogP contribution in [-0.4, -0.2) is 39.9 Å². The average Bonchev–Trinajstić information content (AvgIpc) is 3.43. The number of aromatic nitrogens is 8. The summed E-state index contributed by atoms with van der Waals surface area (Å²) in [5, 5.41) is 5.93. The summed E-state index contributed by atoms with van der Waals surface area (Å²) >= 11 is 0. The molecule has 8 nitrogen and oxygen atoms in total. The van der Waals surface area contributed by atoms with Crippen LogP contribution in [0.15, 0.2) is 134 Å². The summed E-state index contributed by atoms with van der Waals surface area (Å²) in [7, 11) is 0. The number of rotatable bonds is 0. The molecule has 0 atom stereocenters. The molecule has 0 saturated carbocycles. The van der Waals surface area contributed by atoms with Gasteiger partial charge in [0.05, 0.1) is 22.1 Å². The van der Waals surface area contributed by atoms with E-state index in [4.69, 9.17) is 0 Å². The highest BCUT2D eigenvalue weighted by Crippen LogP contribution is 2.19. The van der Waals surface area contributed by atoms with Gasteiger partial charge in [-0.1, -0.05) is 170 Å². The highest BCUT2D eigenvalue weighted by molar-refractivity contribution is 5.83. The lowest BCUT2D eigenvalue weighted by molar-refractivity contribution is 1.05. The first-order valence-corrected chi connectivity index (χ1v) is 27.1. The van der Waals surface area contributed by atoms with Crippen molar-refractivity contribution in [1.82, 2.24) is 39.9 Å². The predicted octanol–water partition coefficient (Wildman–Crippen LogP) is 19.6. The van der Waals surface area contributed by atoms with Crippen LogP contribution >= 0.6 is 0 Å². The Kier molecular flexibility index (Phi) is 37.7. The maximum absolute atomic E-state index is 4.44. The summed E-state index contributed by atoms with van der Waals surface area (Å²) in [5.74, 6) is 1.68. The zero-order valence-corrected chi connectivity index (χ0v) is 50.3. The standard InChI is InChI=1S/2C11H11N.3C10H10N2.7C2H6/c2*1-8-7-9(2)12-11-6-4-3-5-10(8)11;1-7-6-8(2)12-10-9(7)4-3-5-11-10;2*1-7-9-5-3-4-6-10(9)12-8(2)11-7;7*1-2/h2*3-7H,1-2H3;3*3-6H,1-2H3;7*1-2H3. The second-order valence-electron chi connectivity index (χ2n) is 14.9. The molecule has 0 fully saturated rings. The summed E-state index contributed by atoms with van der Waals surface area (Å²) in [6, 6.07) is 42.9. The molecular weight excluding hydrogens is 905 g/mol. The van der Waals surface area contributed by atoms with Crippen LogP contribution < -0.4 is 0 Å². The molecule has 0 saturated heterocycles. The Morgan fingerprint density at radius 2 is 0.527 bits per heavy atom. The molecule has 0 amide bonds. The summed E-state index contributed by atoms with van der Waals surface area (Å²) < 4.78 is 0. The van der Waals surface area contributed by atoms with E-state index in [1.807, 2.05) is 230 Å². The quantitative estimate of drug-likeness (QED) is 0.148. The molecule has 0 radical (unpaired) electrons. The summed E-state index contributed by atoms with van der Waals surface area (Å²) in [5.41, 5.74) is 14.2. The van der Waals surface area contributed by atoms with Gasteiger partial charge in [0.2, 0.25) is 0 Å². The van der Waals surface area contributed by atoms with Crippen molar-refractivity contribution in [1.29, 1.82) is 0 Å². The van der Waals surface area contributed by atoms with E-state index in [0.29, 0.717) is 0 Å². The summed E-state index contributed by atoms with van der Waals surface area (Å²) in [6.07, 6.45) is 1.77. The van der Waals surface area contributed by atoms with Gasteiger partial charge >= 0.3 is 0 Å². The van der Waals surface area contributed by atoms with Crippen LogP contribution in [0.2, 0.25) is 0 Å². The molecule has 74 heavy (non-hydrogen) atoms. The number of hydrogen-bond donors (Lipinski definition) is 0. The number of nitrogens with zero attached hydrogens (tertiary/aromatic N) is 8. The van der Waals surface area contributed by atoms with E-state index >= 15 is 0 Å². The number of para-hydroxylation sites is 4. The van der Waals surface area contributed by atoms with E-state index in [0.717, 1.165) is 84.0 Å². The zero-order valence-electron chi connectivity index (χ0n) is 50.3. The van der Waals surface area contributed by atoms with E-state index in [-0.39, 0.29) is 0 Å². The first-order valence-electron chi connectivity index (χ1n) is 27.1. The van der Waals surface area contributed by atoms with E-state index in [1.54, 1.807) is 6.20 Å². The lowest BCUT2D eigenvalue weighted by atomic mass is 10.1. The normalized spacial score (nSPS) is 9.08. The average molecular weight is 1000 g/mol. The minimum absolute atomic E-state index is 0.839. The van der Waals surface area contributed by atoms with Gasteiger partial charge in [-0.15, -0.1) is 0 Å². The lowest BCUT2D eigenvalue weighted by Crippen LogP contribution is -1.92. The monoisotopic (exact) mass is 999 g/mol. The third kappa shape index (κ3) is 22.8. The number of aryl methyl sites for hydroxylation is 10. The maximum atomic E-state index is 4.44. The molecule has 0 N–H and O–H groups in total. The molecule has 4 aromatic carbocycles. The highest BCUT2D eigenvalue weighted by atomic mass is 14.9. The topological polar surface area (TPSA) is 103 Å². The largest absolute Gasteiger partial charge is 0.253 e. The van der Waals surface area contributed by atoms with Crippen molar-refractivity contribution in [2.24, 2.45) is 0 Å². The van der Waals surface area contributed by atoms with Crippen molar-refractivity contribution in [3.63, 3.8) is 0 Å². The van der Waals surface area contributed by atoms with Crippen molar-refractivity contribution in [3.05, 3.63) is 190 Å². The van der Waals surface area contributed by atoms with Crippen LogP contribution in [-0.2, 0) is 0 Å². The minimum atomic E-state index is 0.839. The van der Waals surface area contributed by atoms with Gasteiger partial charge in [0.1, 0.15) is 11.6 Å². The van der Waals surface area contributed by atoms with Gasteiger partial charge in [0, 0.05) is 61.6 Å². The predicted molar refractivity (Wildman–Crippen MR) is 329 cm³/mol. The number of fused-ring (bicyclic) bond motifs is 5. The second kappa shape index (κ2) is 40.4. The Labute approximate surface area is 449 Å². The third-order valence-corrected chi connectivity index (χ3v) is 9.83. The van der Waals surface area contributed by atoms with Crippen molar-refractivity contribution in [2.45, 2.75) is 166 Å². The molecule has 398 valence electrons. The molecule has 0 spiro atoms. The Morgan fingerprint density at radius 1 is 0.257 bits per heavy atom. The van der Waals surface area contributed by atoms with Crippen LogP contribution in [0.25, 0.3) is 54.6 Å². The third-order valence-electron chi connectivity index (χ3n) is 9.83. The first kappa shape index (κ1) is 69.0. The molecular formula is C66H94N8. The van der Waals surface area contributed by atoms with Crippen LogP contribution in [0, 0.1) is 69.2 Å². The second-order valence-corrected chi connectivity index (χ2v) is 14.9. The zero-order chi connectivity index (χ0) is 56.8. The number of hydrogen-bond acceptors (Lipinski definition) is 8. The molecule has 0 aliphatic carbocycles. The van der Waals surface area contributed by atoms with Crippen LogP contribution in [0.5, 0.6) is 0 Å². The Hall–Kier alpha value is -7.06. The highest BCUT2D eigenvalue weighted by Gasteiger charge is 2.02. The molecule has 0 bridgehead atoms. The van der Waals surface area contributed by atoms with E-state index < -0.39 is 0 Å². The fraction of sp³-hybridized carbons (Fsp3) is 0.364. The van der Waals surface area contributed by atoms with Crippen LogP contribution in [0.3, 0.4) is 0 Å². The summed E-state index contributed by atoms with van der Waals surface area (Å²) in [6.45, 7) is 48.2. The van der Waals surface area contributed by atoms with Gasteiger partial charge in [-0.2, -0.15) is 0 Å². The molecule has 6 aromatic heterocycles. The molecule has 0 aliphatic rings. The fourth-order valence-electron chi connectivity index (χ4n) is 7.18. The maximum Gasteiger partial charge on any atom is 0.159 e. The molecule has 6 heterocycles. The van der Waals surface area contributed by atoms with E-state index in [1.165, 1.54) is 27.5 Å². The van der Waals surface area contributed by atoms with Crippen LogP contribution in [0.1, 0.15) is 154 Å². The molecule has 0 unspecified atom stereocenters. The van der Waals surface area contributed by atoms with Crippen molar-refractivity contribution in [2.75, 3.05) is 0 Å². The number of benzene rings is 4. The van der Waals surface area contributed by atoms with E-state index in [2.05, 4.69) is 103 Å². The lowest BCUT2D eigenvalue weighted by Gasteiger charge is -2.01. The number of pyridine rings is 4. The van der Waals surface area contributed by atoms with Crippen LogP contribution in [0.4, 0.5) is 0 Å². The van der Waals surface area contributed by atoms with E-state index in [9.17, 15) is 0 Å². The van der Waals surface area contributed by atoms with Gasteiger partial charge in [-0.25, -0.2) is 29.9 Å². The smallest absolute Gasteiger partial charge is 0.159 e. The van der Waals surface area contributed by atoms with Gasteiger partial charge in [0.25, 0.3) is 0 Å². The van der Waals surface area contributed by atoms with Gasteiger partial charge in [0.15, 0.2) is 5.65 Å². The van der Waals surface area contributed by atoms with Gasteiger partial charge in [-0.3, -0.25) is 9.97 Å². The molecule has 10 aromatic rings. The van der Waals surface area contributed by atoms with Gasteiger partial charge in [-0.05, 0) is 141 Å². The SMILES string of the molecule is CC.CC.CC.CC.CC.CC.CC.Cc1cc(C)c2ccccc2n1.Cc1cc(C)c2ccccc2n1.Cc1cc(C)c2cccnc2n1.Cc1nc(C)c2ccccc2n1.Cc1nc(C)c2ccccc2n1. The Balaban J connectivity index is 0. The Morgan fingerprint density at radius 3 is 0.878 bits per heavy atom. The summed E-state index contributed by atoms with van der Waals surface area (Å²) in [4.78, 5) is 34.6. The van der Waals surface area contributed by atoms with Crippen molar-refractivity contribution < 1.29 is 0 Å². The minimum Gasteiger partial charge on any atom is -0.253 e. The Bertz CT molecular complexity index is 2590. The molecule has 10 rings (SSSR count). The van der Waals surface area contributed by atoms with Crippen molar-refractivity contribution in [3.8, 4) is 0 Å². The van der Waals surface area contributed by atoms with Crippen molar-refractivity contribution >= 4 is 54.6 Å². The molecule has 0 aliphatic heterocycles. The van der Waals surface area contributed by atoms with Gasteiger partial charge < -0.3 is 0 Å². The fourth-order valence-corrected chi connectivity index (χ4v) is 7.18. The first-order chi connectivity index (χ1) is 35.9. The molecule has 8 heteroatoms.